The normalized spacial score (nSPS) is 16.8. The summed E-state index contributed by atoms with van der Waals surface area (Å²) >= 11 is 1.98. The molecule has 2 aromatic rings. The number of aryl methyl sites for hydroxylation is 1. The molecule has 24 heavy (non-hydrogen) atoms. The van der Waals surface area contributed by atoms with E-state index in [-0.39, 0.29) is 0 Å². The van der Waals surface area contributed by atoms with E-state index in [0.29, 0.717) is 6.04 Å². The Morgan fingerprint density at radius 2 is 1.96 bits per heavy atom. The van der Waals surface area contributed by atoms with Gasteiger partial charge in [0.1, 0.15) is 0 Å². The minimum Gasteiger partial charge on any atom is -0.298 e. The topological polar surface area (TPSA) is 19.4 Å². The van der Waals surface area contributed by atoms with Gasteiger partial charge in [-0.3, -0.25) is 14.8 Å². The first-order chi connectivity index (χ1) is 11.6. The lowest BCUT2D eigenvalue weighted by Gasteiger charge is -2.24. The van der Waals surface area contributed by atoms with Crippen molar-refractivity contribution in [1.82, 2.24) is 14.8 Å². The molecule has 1 saturated heterocycles. The predicted molar refractivity (Wildman–Crippen MR) is 102 cm³/mol. The monoisotopic (exact) mass is 343 g/mol. The highest BCUT2D eigenvalue weighted by Gasteiger charge is 2.15. The third kappa shape index (κ3) is 4.65. The second-order valence-electron chi connectivity index (χ2n) is 7.09. The Kier molecular flexibility index (Phi) is 6.04. The number of aromatic nitrogens is 1. The van der Waals surface area contributed by atoms with E-state index in [4.69, 9.17) is 0 Å². The SMILES string of the molecule is Cc1cccnc1C[C@@H](C)N(C)Cc1ccc(CN2CCCC2)s1. The van der Waals surface area contributed by atoms with Crippen LogP contribution in [0, 0.1) is 6.92 Å². The van der Waals surface area contributed by atoms with Crippen LogP contribution in [0.25, 0.3) is 0 Å². The molecule has 1 atom stereocenters. The molecule has 0 bridgehead atoms. The summed E-state index contributed by atoms with van der Waals surface area (Å²) in [5, 5.41) is 0. The molecule has 0 aromatic carbocycles. The standard InChI is InChI=1S/C20H29N3S/c1-16-7-6-10-21-20(16)13-17(2)22(3)14-18-8-9-19(24-18)15-23-11-4-5-12-23/h6-10,17H,4-5,11-15H2,1-3H3/t17-/m1/s1. The van der Waals surface area contributed by atoms with E-state index >= 15 is 0 Å². The maximum Gasteiger partial charge on any atom is 0.0448 e. The van der Waals surface area contributed by atoms with Crippen molar-refractivity contribution in [3.8, 4) is 0 Å². The lowest BCUT2D eigenvalue weighted by molar-refractivity contribution is 0.248. The average molecular weight is 344 g/mol. The van der Waals surface area contributed by atoms with Crippen molar-refractivity contribution >= 4 is 11.3 Å². The number of rotatable bonds is 7. The van der Waals surface area contributed by atoms with Crippen LogP contribution in [0.4, 0.5) is 0 Å². The average Bonchev–Trinajstić information content (AvgIpc) is 3.22. The zero-order chi connectivity index (χ0) is 16.9. The predicted octanol–water partition coefficient (Wildman–Crippen LogP) is 4.11. The number of likely N-dealkylation sites (N-methyl/N-ethyl adjacent to an activating group) is 1. The van der Waals surface area contributed by atoms with Crippen molar-refractivity contribution in [2.75, 3.05) is 20.1 Å². The lowest BCUT2D eigenvalue weighted by atomic mass is 10.1. The first-order valence-electron chi connectivity index (χ1n) is 9.02. The van der Waals surface area contributed by atoms with Crippen molar-refractivity contribution in [2.45, 2.75) is 52.2 Å². The van der Waals surface area contributed by atoms with E-state index in [9.17, 15) is 0 Å². The largest absolute Gasteiger partial charge is 0.298 e. The van der Waals surface area contributed by atoms with Crippen LogP contribution in [0.1, 0.15) is 40.8 Å². The minimum atomic E-state index is 0.489. The third-order valence-corrected chi connectivity index (χ3v) is 6.11. The summed E-state index contributed by atoms with van der Waals surface area (Å²) in [6.45, 7) is 9.15. The molecule has 1 aliphatic rings. The first kappa shape index (κ1) is 17.6. The zero-order valence-electron chi connectivity index (χ0n) is 15.2. The van der Waals surface area contributed by atoms with Crippen molar-refractivity contribution in [3.63, 3.8) is 0 Å². The maximum atomic E-state index is 4.54. The molecule has 2 aromatic heterocycles. The van der Waals surface area contributed by atoms with Crippen LogP contribution in [0.5, 0.6) is 0 Å². The molecule has 1 fully saturated rings. The number of hydrogen-bond donors (Lipinski definition) is 0. The van der Waals surface area contributed by atoms with E-state index in [1.807, 2.05) is 23.6 Å². The van der Waals surface area contributed by atoms with Crippen molar-refractivity contribution in [2.24, 2.45) is 0 Å². The fraction of sp³-hybridized carbons (Fsp3) is 0.550. The summed E-state index contributed by atoms with van der Waals surface area (Å²) in [7, 11) is 2.23. The lowest BCUT2D eigenvalue weighted by Crippen LogP contribution is -2.30. The summed E-state index contributed by atoms with van der Waals surface area (Å²) in [6.07, 6.45) is 5.64. The van der Waals surface area contributed by atoms with Gasteiger partial charge in [-0.1, -0.05) is 6.07 Å². The van der Waals surface area contributed by atoms with Crippen LogP contribution in [-0.2, 0) is 19.5 Å². The Morgan fingerprint density at radius 3 is 2.71 bits per heavy atom. The van der Waals surface area contributed by atoms with Gasteiger partial charge in [-0.15, -0.1) is 11.3 Å². The van der Waals surface area contributed by atoms with Gasteiger partial charge >= 0.3 is 0 Å². The fourth-order valence-electron chi connectivity index (χ4n) is 3.32. The summed E-state index contributed by atoms with van der Waals surface area (Å²) in [4.78, 5) is 12.5. The molecule has 3 heterocycles. The van der Waals surface area contributed by atoms with Crippen molar-refractivity contribution in [1.29, 1.82) is 0 Å². The number of nitrogens with zero attached hydrogens (tertiary/aromatic N) is 3. The molecule has 0 aliphatic carbocycles. The minimum absolute atomic E-state index is 0.489. The number of thiophene rings is 1. The van der Waals surface area contributed by atoms with E-state index in [0.717, 1.165) is 19.5 Å². The van der Waals surface area contributed by atoms with Gasteiger partial charge < -0.3 is 0 Å². The van der Waals surface area contributed by atoms with Gasteiger partial charge in [-0.25, -0.2) is 0 Å². The Labute approximate surface area is 150 Å². The molecule has 130 valence electrons. The maximum absolute atomic E-state index is 4.54. The fourth-order valence-corrected chi connectivity index (χ4v) is 4.45. The molecule has 4 heteroatoms. The van der Waals surface area contributed by atoms with E-state index in [1.54, 1.807) is 0 Å². The summed E-state index contributed by atoms with van der Waals surface area (Å²) in [5.74, 6) is 0. The van der Waals surface area contributed by atoms with Crippen molar-refractivity contribution in [3.05, 3.63) is 51.5 Å². The van der Waals surface area contributed by atoms with Crippen LogP contribution in [0.15, 0.2) is 30.5 Å². The quantitative estimate of drug-likeness (QED) is 0.754. The van der Waals surface area contributed by atoms with Crippen LogP contribution in [0.2, 0.25) is 0 Å². The second kappa shape index (κ2) is 8.24. The Hall–Kier alpha value is -1.23. The van der Waals surface area contributed by atoms with E-state index in [2.05, 4.69) is 53.9 Å². The Balaban J connectivity index is 1.53. The molecule has 0 unspecified atom stereocenters. The molecule has 0 radical (unpaired) electrons. The van der Waals surface area contributed by atoms with Gasteiger partial charge in [-0.2, -0.15) is 0 Å². The molecule has 0 N–H and O–H groups in total. The van der Waals surface area contributed by atoms with E-state index < -0.39 is 0 Å². The Bertz CT molecular complexity index is 646. The van der Waals surface area contributed by atoms with Gasteiger partial charge in [-0.05, 0) is 70.6 Å². The van der Waals surface area contributed by atoms with Crippen LogP contribution < -0.4 is 0 Å². The highest BCUT2D eigenvalue weighted by molar-refractivity contribution is 7.11. The Morgan fingerprint density at radius 1 is 1.21 bits per heavy atom. The molecule has 0 saturated carbocycles. The van der Waals surface area contributed by atoms with Crippen LogP contribution in [0.3, 0.4) is 0 Å². The molecule has 1 aliphatic heterocycles. The molecule has 3 nitrogen and oxygen atoms in total. The highest BCUT2D eigenvalue weighted by atomic mass is 32.1. The smallest absolute Gasteiger partial charge is 0.0448 e. The highest BCUT2D eigenvalue weighted by Crippen LogP contribution is 2.22. The van der Waals surface area contributed by atoms with Crippen molar-refractivity contribution < 1.29 is 0 Å². The number of pyridine rings is 1. The van der Waals surface area contributed by atoms with Gasteiger partial charge in [0.05, 0.1) is 0 Å². The molecule has 0 spiro atoms. The van der Waals surface area contributed by atoms with Crippen LogP contribution >= 0.6 is 11.3 Å². The van der Waals surface area contributed by atoms with Gasteiger partial charge in [0.15, 0.2) is 0 Å². The zero-order valence-corrected chi connectivity index (χ0v) is 16.0. The molecular formula is C20H29N3S. The van der Waals surface area contributed by atoms with E-state index in [1.165, 1.54) is 46.9 Å². The molecule has 3 rings (SSSR count). The molecular weight excluding hydrogens is 314 g/mol. The van der Waals surface area contributed by atoms with Gasteiger partial charge in [0, 0.05) is 47.2 Å². The van der Waals surface area contributed by atoms with Gasteiger partial charge in [0.2, 0.25) is 0 Å². The van der Waals surface area contributed by atoms with Gasteiger partial charge in [0.25, 0.3) is 0 Å². The summed E-state index contributed by atoms with van der Waals surface area (Å²) in [5.41, 5.74) is 2.51. The number of likely N-dealkylation sites (tertiary alicyclic amines) is 1. The second-order valence-corrected chi connectivity index (χ2v) is 8.34. The summed E-state index contributed by atoms with van der Waals surface area (Å²) in [6, 6.07) is 9.29. The molecule has 0 amide bonds. The number of hydrogen-bond acceptors (Lipinski definition) is 4. The van der Waals surface area contributed by atoms with Crippen LogP contribution in [-0.4, -0.2) is 41.0 Å². The summed E-state index contributed by atoms with van der Waals surface area (Å²) < 4.78 is 0. The first-order valence-corrected chi connectivity index (χ1v) is 9.84. The third-order valence-electron chi connectivity index (χ3n) is 5.06.